The Hall–Kier alpha value is -4.21. The molecule has 6 atom stereocenters. The van der Waals surface area contributed by atoms with Gasteiger partial charge in [0.2, 0.25) is 0 Å². The fourth-order valence-corrected chi connectivity index (χ4v) is 9.54. The van der Waals surface area contributed by atoms with Crippen LogP contribution in [0.4, 0.5) is 5.82 Å². The second kappa shape index (κ2) is 15.3. The first-order chi connectivity index (χ1) is 28.9. The minimum absolute atomic E-state index is 0.360. The van der Waals surface area contributed by atoms with Gasteiger partial charge in [0, 0.05) is 85.3 Å². The van der Waals surface area contributed by atoms with Crippen LogP contribution in [0.5, 0.6) is 11.5 Å². The van der Waals surface area contributed by atoms with Crippen LogP contribution in [-0.4, -0.2) is 85.8 Å². The molecule has 13 nitrogen and oxygen atoms in total. The number of rotatable bonds is 5. The molecule has 320 valence electrons. The van der Waals surface area contributed by atoms with Gasteiger partial charge in [-0.25, -0.2) is 19.9 Å². The van der Waals surface area contributed by atoms with Gasteiger partial charge in [0.15, 0.2) is 0 Å². The average Bonchev–Trinajstić information content (AvgIpc) is 3.95. The minimum atomic E-state index is -0.476. The van der Waals surface area contributed by atoms with E-state index in [0.717, 1.165) is 46.1 Å². The van der Waals surface area contributed by atoms with E-state index in [1.165, 1.54) is 22.5 Å². The molecule has 2 saturated carbocycles. The Labute approximate surface area is 368 Å². The smallest absolute Gasteiger partial charge is 0.488 e. The van der Waals surface area contributed by atoms with E-state index in [9.17, 15) is 0 Å². The van der Waals surface area contributed by atoms with Gasteiger partial charge in [-0.05, 0) is 102 Å². The standard InChI is InChI=1S/C19H19N5O.C14H13BrN2O.C12H24B2O4/c1-20-19-13(6-21-9-22-19)11-3-4-16-12(5-11)17-14(8-25-16)18(17)15-7-24(2)10-23-15;1-17-5-11(16-7-17)14-10-6-18-12-3-2-8(15)4-9(12)13(10)14;1-9(2)10(3,4)16-13(15-9)14-17-11(5,6)12(7,8)18-14/h3-7,9-10,14,17-18H,8H2,1-2H3,(H,20,21,22);2-5,7,10,13-14H,6H2,1H3;1-8H3/t14-,17+,18-;10-,13+,14-;/m00./s1. The highest BCUT2D eigenvalue weighted by Gasteiger charge is 2.64. The molecule has 7 heterocycles. The van der Waals surface area contributed by atoms with E-state index < -0.39 is 14.0 Å². The quantitative estimate of drug-likeness (QED) is 0.172. The van der Waals surface area contributed by atoms with Gasteiger partial charge in [-0.3, -0.25) is 0 Å². The fraction of sp³-hybridized carbons (Fsp3) is 0.511. The highest BCUT2D eigenvalue weighted by molar-refractivity contribution is 9.10. The molecule has 0 radical (unpaired) electrons. The van der Waals surface area contributed by atoms with Crippen molar-refractivity contribution in [3.63, 3.8) is 0 Å². The number of anilines is 1. The van der Waals surface area contributed by atoms with Gasteiger partial charge < -0.3 is 42.5 Å². The van der Waals surface area contributed by atoms with Crippen molar-refractivity contribution in [2.75, 3.05) is 25.6 Å². The van der Waals surface area contributed by atoms with Gasteiger partial charge in [0.25, 0.3) is 0 Å². The van der Waals surface area contributed by atoms with Crippen LogP contribution in [-0.2, 0) is 32.7 Å². The topological polar surface area (TPSA) is 129 Å². The molecule has 5 aromatic rings. The van der Waals surface area contributed by atoms with Crippen LogP contribution < -0.4 is 14.8 Å². The summed E-state index contributed by atoms with van der Waals surface area (Å²) in [7, 11) is 4.96. The number of benzene rings is 2. The number of aryl methyl sites for hydroxylation is 2. The third kappa shape index (κ3) is 7.70. The number of imidazole rings is 2. The van der Waals surface area contributed by atoms with E-state index >= 15 is 0 Å². The maximum absolute atomic E-state index is 6.00. The Morgan fingerprint density at radius 1 is 0.656 bits per heavy atom. The molecule has 4 fully saturated rings. The molecule has 6 aliphatic rings. The summed E-state index contributed by atoms with van der Waals surface area (Å²) in [6, 6.07) is 12.7. The Balaban J connectivity index is 0.000000120. The van der Waals surface area contributed by atoms with Crippen molar-refractivity contribution in [2.24, 2.45) is 25.9 Å². The van der Waals surface area contributed by atoms with E-state index in [1.807, 2.05) is 111 Å². The van der Waals surface area contributed by atoms with Crippen LogP contribution in [0.3, 0.4) is 0 Å². The Morgan fingerprint density at radius 2 is 1.13 bits per heavy atom. The summed E-state index contributed by atoms with van der Waals surface area (Å²) in [4.78, 5) is 17.5. The number of halogens is 1. The number of nitrogens with one attached hydrogen (secondary N) is 1. The predicted octanol–water partition coefficient (Wildman–Crippen LogP) is 8.13. The van der Waals surface area contributed by atoms with Crippen LogP contribution >= 0.6 is 15.9 Å². The van der Waals surface area contributed by atoms with Gasteiger partial charge in [0.05, 0.1) is 59.7 Å². The largest absolute Gasteiger partial charge is 0.493 e. The molecule has 16 heteroatoms. The van der Waals surface area contributed by atoms with Gasteiger partial charge in [-0.2, -0.15) is 0 Å². The van der Waals surface area contributed by atoms with E-state index in [1.54, 1.807) is 6.33 Å². The third-order valence-electron chi connectivity index (χ3n) is 14.1. The zero-order chi connectivity index (χ0) is 43.2. The van der Waals surface area contributed by atoms with Crippen molar-refractivity contribution in [1.82, 2.24) is 29.1 Å². The molecular weight excluding hydrogens is 836 g/mol. The lowest BCUT2D eigenvalue weighted by Gasteiger charge is -2.32. The monoisotopic (exact) mass is 891 g/mol. The molecule has 2 aliphatic carbocycles. The summed E-state index contributed by atoms with van der Waals surface area (Å²) in [5.74, 6) is 6.04. The summed E-state index contributed by atoms with van der Waals surface area (Å²) in [6.07, 6.45) is 11.4. The Kier molecular flexibility index (Phi) is 10.5. The lowest BCUT2D eigenvalue weighted by molar-refractivity contribution is 0.00578. The molecule has 2 saturated heterocycles. The van der Waals surface area contributed by atoms with Crippen LogP contribution in [0.25, 0.3) is 11.1 Å². The number of hydrogen-bond acceptors (Lipinski definition) is 11. The first kappa shape index (κ1) is 42.1. The number of aromatic nitrogens is 6. The summed E-state index contributed by atoms with van der Waals surface area (Å²) in [6.45, 7) is 17.8. The number of fused-ring (bicyclic) bond motifs is 6. The number of nitrogens with zero attached hydrogens (tertiary/aromatic N) is 6. The van der Waals surface area contributed by atoms with Crippen LogP contribution in [0.1, 0.15) is 102 Å². The lowest BCUT2D eigenvalue weighted by Crippen LogP contribution is -2.41. The first-order valence-corrected chi connectivity index (χ1v) is 22.0. The van der Waals surface area contributed by atoms with E-state index in [2.05, 4.69) is 83.9 Å². The second-order valence-electron chi connectivity index (χ2n) is 19.2. The number of ether oxygens (including phenoxy) is 2. The summed E-state index contributed by atoms with van der Waals surface area (Å²) in [5, 5.41) is 3.14. The SMILES string of the molecule is CC1(C)OB(B2OC(C)(C)C(C)(C)O2)OC1(C)C.CNc1ncncc1-c1ccc2c(c1)[C@@H]1[C@H](CO2)[C@H]1c1cn(C)cn1.Cn1cnc([C@@H]2[C@H]3COc4ccc(Br)cc4[C@H]32)c1. The van der Waals surface area contributed by atoms with E-state index in [-0.39, 0.29) is 22.4 Å². The molecule has 61 heavy (non-hydrogen) atoms. The predicted molar refractivity (Wildman–Crippen MR) is 239 cm³/mol. The minimum Gasteiger partial charge on any atom is -0.493 e. The highest BCUT2D eigenvalue weighted by Crippen LogP contribution is 2.65. The van der Waals surface area contributed by atoms with Crippen LogP contribution in [0, 0.1) is 11.8 Å². The molecule has 0 bridgehead atoms. The summed E-state index contributed by atoms with van der Waals surface area (Å²) >= 11 is 3.54. The fourth-order valence-electron chi connectivity index (χ4n) is 9.16. The molecule has 2 aromatic carbocycles. The average molecular weight is 893 g/mol. The van der Waals surface area contributed by atoms with Gasteiger partial charge in [-0.15, -0.1) is 0 Å². The van der Waals surface area contributed by atoms with Crippen molar-refractivity contribution in [1.29, 1.82) is 0 Å². The summed E-state index contributed by atoms with van der Waals surface area (Å²) in [5.41, 5.74) is 5.64. The summed E-state index contributed by atoms with van der Waals surface area (Å²) < 4.78 is 40.8. The highest BCUT2D eigenvalue weighted by atomic mass is 79.9. The van der Waals surface area contributed by atoms with Crippen LogP contribution in [0.2, 0.25) is 0 Å². The van der Waals surface area contributed by atoms with E-state index in [4.69, 9.17) is 28.1 Å². The molecule has 0 spiro atoms. The zero-order valence-electron chi connectivity index (χ0n) is 37.0. The second-order valence-corrected chi connectivity index (χ2v) is 20.1. The molecule has 0 unspecified atom stereocenters. The van der Waals surface area contributed by atoms with Crippen molar-refractivity contribution < 1.29 is 28.1 Å². The maximum atomic E-state index is 6.00. The number of hydrogen-bond donors (Lipinski definition) is 1. The van der Waals surface area contributed by atoms with Crippen molar-refractivity contribution >= 4 is 35.8 Å². The first-order valence-electron chi connectivity index (χ1n) is 21.2. The Morgan fingerprint density at radius 3 is 1.59 bits per heavy atom. The van der Waals surface area contributed by atoms with Crippen molar-refractivity contribution in [3.8, 4) is 22.6 Å². The van der Waals surface area contributed by atoms with Gasteiger partial charge in [-0.1, -0.05) is 22.0 Å². The normalized spacial score (nSPS) is 27.3. The molecule has 4 aliphatic heterocycles. The van der Waals surface area contributed by atoms with Gasteiger partial charge >= 0.3 is 14.0 Å². The maximum Gasteiger partial charge on any atom is 0.488 e. The molecular formula is C45H56B2BrN7O6. The molecule has 1 N–H and O–H groups in total. The Bertz CT molecular complexity index is 2370. The van der Waals surface area contributed by atoms with Crippen molar-refractivity contribution in [2.45, 2.75) is 101 Å². The van der Waals surface area contributed by atoms with Gasteiger partial charge in [0.1, 0.15) is 23.6 Å². The molecule has 3 aromatic heterocycles. The van der Waals surface area contributed by atoms with Crippen molar-refractivity contribution in [3.05, 3.63) is 101 Å². The zero-order valence-corrected chi connectivity index (χ0v) is 38.6. The third-order valence-corrected chi connectivity index (χ3v) is 14.6. The molecule has 0 amide bonds. The van der Waals surface area contributed by atoms with E-state index in [0.29, 0.717) is 35.5 Å². The van der Waals surface area contributed by atoms with Crippen LogP contribution in [0.15, 0.2) is 78.4 Å². The molecule has 11 rings (SSSR count). The lowest BCUT2D eigenvalue weighted by atomic mass is 9.49.